The smallest absolute Gasteiger partial charge is 0.719 e. The van der Waals surface area contributed by atoms with Crippen molar-refractivity contribution < 1.29 is 29.1 Å². The van der Waals surface area contributed by atoms with Crippen molar-refractivity contribution in [2.45, 2.75) is 39.5 Å². The second-order valence-corrected chi connectivity index (χ2v) is 6.91. The molecule has 4 nitrogen and oxygen atoms in total. The average Bonchev–Trinajstić information content (AvgIpc) is 2.70. The first-order chi connectivity index (χ1) is 13.5. The molecule has 0 unspecified atom stereocenters. The van der Waals surface area contributed by atoms with Crippen LogP contribution in [0.1, 0.15) is 39.5 Å². The number of carbonyl (C=O) groups is 2. The van der Waals surface area contributed by atoms with Gasteiger partial charge in [0, 0.05) is 24.5 Å². The molecule has 2 rings (SSSR count). The molecule has 2 aromatic carbocycles. The van der Waals surface area contributed by atoms with Gasteiger partial charge in [-0.2, -0.15) is 0 Å². The standard InChI is InChI=1S/2C11H15NOS.Zn/c2*1-2-3-9-12(11(13)14)10-7-5-4-6-8-10;/h2*4-8H,2-3,9H2,1H3,(H,13,14);/q;;+2/p-2. The molecule has 7 heteroatoms. The molecule has 0 saturated heterocycles. The van der Waals surface area contributed by atoms with Gasteiger partial charge in [0.25, 0.3) is 0 Å². The molecule has 2 aromatic rings. The summed E-state index contributed by atoms with van der Waals surface area (Å²) in [5.74, 6) is 0. The van der Waals surface area contributed by atoms with Crippen molar-refractivity contribution >= 4 is 47.1 Å². The Morgan fingerprint density at radius 1 is 0.690 bits per heavy atom. The zero-order valence-electron chi connectivity index (χ0n) is 17.3. The fourth-order valence-electron chi connectivity index (χ4n) is 2.50. The molecule has 0 saturated carbocycles. The van der Waals surface area contributed by atoms with E-state index in [0.29, 0.717) is 13.1 Å². The zero-order valence-corrected chi connectivity index (χ0v) is 21.9. The largest absolute Gasteiger partial charge is 2.00 e. The van der Waals surface area contributed by atoms with Crippen molar-refractivity contribution in [3.05, 3.63) is 60.7 Å². The predicted octanol–water partition coefficient (Wildman–Crippen LogP) is 5.92. The van der Waals surface area contributed by atoms with Crippen molar-refractivity contribution in [1.29, 1.82) is 0 Å². The summed E-state index contributed by atoms with van der Waals surface area (Å²) in [6, 6.07) is 19.1. The third-order valence-electron chi connectivity index (χ3n) is 4.05. The average molecular weight is 482 g/mol. The zero-order chi connectivity index (χ0) is 20.8. The predicted molar refractivity (Wildman–Crippen MR) is 123 cm³/mol. The minimum Gasteiger partial charge on any atom is -0.719 e. The minimum absolute atomic E-state index is 0. The molecule has 29 heavy (non-hydrogen) atoms. The van der Waals surface area contributed by atoms with Crippen molar-refractivity contribution in [3.63, 3.8) is 0 Å². The number of rotatable bonds is 8. The summed E-state index contributed by atoms with van der Waals surface area (Å²) in [5.41, 5.74) is 1.78. The first-order valence-electron chi connectivity index (χ1n) is 9.58. The Labute approximate surface area is 198 Å². The summed E-state index contributed by atoms with van der Waals surface area (Å²) in [4.78, 5) is 25.7. The summed E-state index contributed by atoms with van der Waals surface area (Å²) >= 11 is 9.37. The second-order valence-electron chi connectivity index (χ2n) is 6.21. The number of nitrogens with zero attached hydrogens (tertiary/aromatic N) is 2. The van der Waals surface area contributed by atoms with Gasteiger partial charge >= 0.3 is 19.5 Å². The van der Waals surface area contributed by atoms with E-state index in [9.17, 15) is 9.59 Å². The van der Waals surface area contributed by atoms with Gasteiger partial charge in [0.15, 0.2) is 0 Å². The summed E-state index contributed by atoms with van der Waals surface area (Å²) in [6.45, 7) is 5.61. The molecule has 0 aromatic heterocycles. The Morgan fingerprint density at radius 3 is 1.24 bits per heavy atom. The number of hydrogen-bond acceptors (Lipinski definition) is 4. The fourth-order valence-corrected chi connectivity index (χ4v) is 2.89. The molecule has 0 N–H and O–H groups in total. The van der Waals surface area contributed by atoms with Crippen LogP contribution in [0.3, 0.4) is 0 Å². The molecule has 0 aliphatic carbocycles. The normalized spacial score (nSPS) is 9.45. The van der Waals surface area contributed by atoms with E-state index in [4.69, 9.17) is 0 Å². The summed E-state index contributed by atoms with van der Waals surface area (Å²) in [5, 5.41) is -0.602. The maximum Gasteiger partial charge on any atom is 2.00 e. The summed E-state index contributed by atoms with van der Waals surface area (Å²) in [7, 11) is 0. The number of unbranched alkanes of at least 4 members (excludes halogenated alkanes) is 2. The van der Waals surface area contributed by atoms with Crippen LogP contribution >= 0.6 is 0 Å². The van der Waals surface area contributed by atoms with E-state index in [-0.39, 0.29) is 30.0 Å². The van der Waals surface area contributed by atoms with Crippen LogP contribution in [0.5, 0.6) is 0 Å². The maximum atomic E-state index is 11.2. The molecule has 0 aliphatic rings. The number of anilines is 2. The van der Waals surface area contributed by atoms with Gasteiger partial charge in [0.2, 0.25) is 0 Å². The van der Waals surface area contributed by atoms with Crippen LogP contribution in [0.2, 0.25) is 0 Å². The molecule has 152 valence electrons. The maximum absolute atomic E-state index is 11.2. The van der Waals surface area contributed by atoms with Crippen LogP contribution in [0.15, 0.2) is 60.7 Å². The number of hydrogen-bond donors (Lipinski definition) is 0. The topological polar surface area (TPSA) is 40.6 Å². The molecule has 0 bridgehead atoms. The monoisotopic (exact) mass is 480 g/mol. The number of amides is 2. The molecule has 2 amide bonds. The van der Waals surface area contributed by atoms with Crippen LogP contribution in [0, 0.1) is 0 Å². The van der Waals surface area contributed by atoms with E-state index >= 15 is 0 Å². The molecule has 0 heterocycles. The Bertz CT molecular complexity index is 641. The van der Waals surface area contributed by atoms with Gasteiger partial charge in [-0.15, -0.1) is 0 Å². The molecular weight excluding hydrogens is 454 g/mol. The Balaban J connectivity index is 0.000000523. The van der Waals surface area contributed by atoms with E-state index in [1.807, 2.05) is 60.7 Å². The van der Waals surface area contributed by atoms with Gasteiger partial charge in [-0.3, -0.25) is 0 Å². The van der Waals surface area contributed by atoms with Crippen LogP contribution in [-0.4, -0.2) is 23.6 Å². The molecular formula is C22H28N2O2S2Zn. The first kappa shape index (κ1) is 27.4. The van der Waals surface area contributed by atoms with Crippen molar-refractivity contribution in [2.24, 2.45) is 0 Å². The Hall–Kier alpha value is -1.56. The number of benzene rings is 2. The first-order valence-corrected chi connectivity index (χ1v) is 10.4. The molecule has 0 spiro atoms. The van der Waals surface area contributed by atoms with Gasteiger partial charge in [0.1, 0.15) is 10.5 Å². The van der Waals surface area contributed by atoms with Crippen LogP contribution < -0.4 is 9.80 Å². The quantitative estimate of drug-likeness (QED) is 0.347. The number of para-hydroxylation sites is 2. The molecule has 0 fully saturated rings. The minimum atomic E-state index is -0.301. The van der Waals surface area contributed by atoms with E-state index in [1.165, 1.54) is 0 Å². The second kappa shape index (κ2) is 16.3. The molecule has 0 atom stereocenters. The van der Waals surface area contributed by atoms with E-state index in [1.54, 1.807) is 9.80 Å². The Morgan fingerprint density at radius 2 is 1.00 bits per heavy atom. The van der Waals surface area contributed by atoms with Crippen LogP contribution in [0.4, 0.5) is 21.0 Å². The van der Waals surface area contributed by atoms with Crippen LogP contribution in [0.25, 0.3) is 0 Å². The van der Waals surface area contributed by atoms with E-state index in [2.05, 4.69) is 39.1 Å². The molecule has 0 radical (unpaired) electrons. The summed E-state index contributed by atoms with van der Waals surface area (Å²) < 4.78 is 0. The number of carbonyl (C=O) groups excluding carboxylic acids is 2. The summed E-state index contributed by atoms with van der Waals surface area (Å²) in [6.07, 6.45) is 4.09. The van der Waals surface area contributed by atoms with Gasteiger partial charge in [-0.05, 0) is 37.1 Å². The van der Waals surface area contributed by atoms with E-state index < -0.39 is 0 Å². The van der Waals surface area contributed by atoms with Gasteiger partial charge in [-0.1, -0.05) is 63.1 Å². The SMILES string of the molecule is CCCCN(C(=O)[S-])c1ccccc1.CCCCN(C(=O)[S-])c1ccccc1.[Zn+2]. The van der Waals surface area contributed by atoms with Crippen molar-refractivity contribution in [2.75, 3.05) is 22.9 Å². The van der Waals surface area contributed by atoms with Crippen LogP contribution in [-0.2, 0) is 44.7 Å². The van der Waals surface area contributed by atoms with E-state index in [0.717, 1.165) is 37.1 Å². The Kier molecular flexibility index (Phi) is 15.4. The van der Waals surface area contributed by atoms with Gasteiger partial charge in [0.05, 0.1) is 0 Å². The third-order valence-corrected chi connectivity index (χ3v) is 4.49. The molecule has 0 aliphatic heterocycles. The van der Waals surface area contributed by atoms with Crippen molar-refractivity contribution in [1.82, 2.24) is 0 Å². The van der Waals surface area contributed by atoms with Gasteiger partial charge in [-0.25, -0.2) is 0 Å². The fraction of sp³-hybridized carbons (Fsp3) is 0.364. The van der Waals surface area contributed by atoms with Gasteiger partial charge < -0.3 is 44.6 Å². The van der Waals surface area contributed by atoms with Crippen molar-refractivity contribution in [3.8, 4) is 0 Å². The third kappa shape index (κ3) is 10.7.